The second-order valence-electron chi connectivity index (χ2n) is 14.5. The molecule has 1 N–H and O–H groups in total. The van der Waals surface area contributed by atoms with Crippen molar-refractivity contribution < 1.29 is 18.0 Å². The van der Waals surface area contributed by atoms with Crippen molar-refractivity contribution in [1.29, 1.82) is 0 Å². The average Bonchev–Trinajstić information content (AvgIpc) is 2.98. The number of rotatable bonds is 10. The Morgan fingerprint density at radius 2 is 1.45 bits per heavy atom. The van der Waals surface area contributed by atoms with Crippen molar-refractivity contribution in [3.63, 3.8) is 0 Å². The maximum atomic E-state index is 14.0. The van der Waals surface area contributed by atoms with E-state index in [1.54, 1.807) is 6.92 Å². The zero-order chi connectivity index (χ0) is 31.1. The summed E-state index contributed by atoms with van der Waals surface area (Å²) in [6.07, 6.45) is 14.3. The maximum Gasteiger partial charge on any atom is 0.244 e. The number of carbonyl (C=O) groups excluding carboxylic acids is 2. The van der Waals surface area contributed by atoms with Gasteiger partial charge in [-0.15, -0.1) is 0 Å². The van der Waals surface area contributed by atoms with Gasteiger partial charge in [0.05, 0.1) is 11.9 Å². The molecule has 5 saturated carbocycles. The Bertz CT molecular complexity index is 1410. The molecule has 2 amide bonds. The van der Waals surface area contributed by atoms with Gasteiger partial charge in [0.15, 0.2) is 0 Å². The number of hydrogen-bond donors (Lipinski definition) is 1. The Balaban J connectivity index is 1.22. The minimum atomic E-state index is -3.77. The van der Waals surface area contributed by atoms with E-state index in [1.165, 1.54) is 59.7 Å². The normalized spacial score (nSPS) is 27.1. The number of nitrogens with zero attached hydrogens (tertiary/aromatic N) is 2. The summed E-state index contributed by atoms with van der Waals surface area (Å²) >= 11 is 0. The van der Waals surface area contributed by atoms with Crippen molar-refractivity contribution >= 4 is 27.5 Å². The third-order valence-electron chi connectivity index (χ3n) is 11.1. The summed E-state index contributed by atoms with van der Waals surface area (Å²) < 4.78 is 27.5. The maximum absolute atomic E-state index is 14.0. The van der Waals surface area contributed by atoms with Crippen LogP contribution in [0.4, 0.5) is 5.69 Å². The molecule has 0 unspecified atom stereocenters. The number of nitrogens with one attached hydrogen (secondary N) is 1. The lowest BCUT2D eigenvalue weighted by molar-refractivity contribution is -0.139. The van der Waals surface area contributed by atoms with Gasteiger partial charge in [0.2, 0.25) is 21.8 Å². The van der Waals surface area contributed by atoms with Crippen LogP contribution in [0.5, 0.6) is 0 Å². The number of aryl methyl sites for hydroxylation is 1. The molecule has 238 valence electrons. The first-order valence-electron chi connectivity index (χ1n) is 16.7. The fraction of sp³-hybridized carbons (Fsp3) is 0.611. The van der Waals surface area contributed by atoms with Crippen LogP contribution in [0, 0.1) is 24.7 Å². The zero-order valence-electron chi connectivity index (χ0n) is 26.6. The SMILES string of the molecule is Cc1ccc(CN(C(=O)CN(c2ccc(C34CC5CC(CC(C5)C3)C4)cc2)S(C)(=O)=O)[C@H](C)C(=O)NC2CCCCC2)cc1. The number of hydrogen-bond acceptors (Lipinski definition) is 4. The predicted molar refractivity (Wildman–Crippen MR) is 175 cm³/mol. The number of benzene rings is 2. The van der Waals surface area contributed by atoms with E-state index in [-0.39, 0.29) is 30.5 Å². The van der Waals surface area contributed by atoms with E-state index >= 15 is 0 Å². The molecule has 2 aromatic carbocycles. The van der Waals surface area contributed by atoms with Crippen LogP contribution in [0.3, 0.4) is 0 Å². The van der Waals surface area contributed by atoms with Gasteiger partial charge in [-0.3, -0.25) is 13.9 Å². The third kappa shape index (κ3) is 6.70. The minimum absolute atomic E-state index is 0.120. The smallest absolute Gasteiger partial charge is 0.244 e. The summed E-state index contributed by atoms with van der Waals surface area (Å²) in [6, 6.07) is 15.2. The monoisotopic (exact) mass is 619 g/mol. The highest BCUT2D eigenvalue weighted by molar-refractivity contribution is 7.92. The fourth-order valence-corrected chi connectivity index (χ4v) is 9.95. The first-order valence-corrected chi connectivity index (χ1v) is 18.6. The van der Waals surface area contributed by atoms with Crippen molar-refractivity contribution in [3.8, 4) is 0 Å². The van der Waals surface area contributed by atoms with E-state index in [0.717, 1.165) is 60.8 Å². The molecule has 7 nitrogen and oxygen atoms in total. The molecule has 2 aromatic rings. The molecule has 5 aliphatic rings. The van der Waals surface area contributed by atoms with E-state index in [0.29, 0.717) is 5.69 Å². The Kier molecular flexibility index (Phi) is 8.84. The molecule has 4 bridgehead atoms. The van der Waals surface area contributed by atoms with Crippen LogP contribution in [0.2, 0.25) is 0 Å². The minimum Gasteiger partial charge on any atom is -0.352 e. The predicted octanol–water partition coefficient (Wildman–Crippen LogP) is 6.10. The summed E-state index contributed by atoms with van der Waals surface area (Å²) in [4.78, 5) is 29.0. The largest absolute Gasteiger partial charge is 0.352 e. The van der Waals surface area contributed by atoms with Gasteiger partial charge in [0.25, 0.3) is 0 Å². The highest BCUT2D eigenvalue weighted by atomic mass is 32.2. The average molecular weight is 620 g/mol. The van der Waals surface area contributed by atoms with Crippen LogP contribution < -0.4 is 9.62 Å². The van der Waals surface area contributed by atoms with Gasteiger partial charge in [0, 0.05) is 12.6 Å². The lowest BCUT2D eigenvalue weighted by Crippen LogP contribution is -2.53. The lowest BCUT2D eigenvalue weighted by Gasteiger charge is -2.57. The summed E-state index contributed by atoms with van der Waals surface area (Å²) in [7, 11) is -3.77. The quantitative estimate of drug-likeness (QED) is 0.349. The van der Waals surface area contributed by atoms with E-state index in [1.807, 2.05) is 43.3 Å². The molecule has 1 atom stereocenters. The Hall–Kier alpha value is -2.87. The molecule has 0 radical (unpaired) electrons. The summed E-state index contributed by atoms with van der Waals surface area (Å²) in [5.41, 5.74) is 4.02. The van der Waals surface area contributed by atoms with Crippen LogP contribution in [0.25, 0.3) is 0 Å². The van der Waals surface area contributed by atoms with E-state index < -0.39 is 22.0 Å². The first kappa shape index (κ1) is 31.1. The summed E-state index contributed by atoms with van der Waals surface area (Å²) in [5, 5.41) is 3.16. The van der Waals surface area contributed by atoms with Crippen LogP contribution in [0.1, 0.15) is 94.2 Å². The highest BCUT2D eigenvalue weighted by Crippen LogP contribution is 2.60. The van der Waals surface area contributed by atoms with Crippen LogP contribution in [-0.2, 0) is 31.6 Å². The van der Waals surface area contributed by atoms with Crippen molar-refractivity contribution in [1.82, 2.24) is 10.2 Å². The van der Waals surface area contributed by atoms with E-state index in [4.69, 9.17) is 0 Å². The van der Waals surface area contributed by atoms with E-state index in [9.17, 15) is 18.0 Å². The third-order valence-corrected chi connectivity index (χ3v) is 12.2. The van der Waals surface area contributed by atoms with Gasteiger partial charge in [-0.2, -0.15) is 0 Å². The molecule has 0 spiro atoms. The molecule has 5 aliphatic carbocycles. The van der Waals surface area contributed by atoms with Crippen molar-refractivity contribution in [2.45, 2.75) is 109 Å². The standard InChI is InChI=1S/C36H49N3O4S/c1-25-9-11-27(12-10-25)23-38(26(2)35(41)37-32-7-5-4-6-8-32)34(40)24-39(44(3,42)43)33-15-13-31(14-16-33)36-20-28-17-29(21-36)19-30(18-28)22-36/h9-16,26,28-30,32H,4-8,17-24H2,1-3H3,(H,37,41)/t26-,28?,29?,30?,36?/m1/s1. The Morgan fingerprint density at radius 3 is 2.00 bits per heavy atom. The number of sulfonamides is 1. The molecule has 8 heteroatoms. The van der Waals surface area contributed by atoms with Gasteiger partial charge in [0.1, 0.15) is 12.6 Å². The summed E-state index contributed by atoms with van der Waals surface area (Å²) in [6.45, 7) is 3.62. The van der Waals surface area contributed by atoms with Crippen molar-refractivity contribution in [3.05, 3.63) is 65.2 Å². The second-order valence-corrected chi connectivity index (χ2v) is 16.4. The molecule has 5 fully saturated rings. The van der Waals surface area contributed by atoms with Gasteiger partial charge in [-0.05, 0) is 112 Å². The fourth-order valence-electron chi connectivity index (χ4n) is 9.10. The van der Waals surface area contributed by atoms with Crippen LogP contribution in [0.15, 0.2) is 48.5 Å². The molecular formula is C36H49N3O4S. The van der Waals surface area contributed by atoms with Gasteiger partial charge < -0.3 is 10.2 Å². The van der Waals surface area contributed by atoms with Gasteiger partial charge >= 0.3 is 0 Å². The topological polar surface area (TPSA) is 86.8 Å². The van der Waals surface area contributed by atoms with Crippen molar-refractivity contribution in [2.75, 3.05) is 17.1 Å². The molecule has 0 heterocycles. The highest BCUT2D eigenvalue weighted by Gasteiger charge is 2.51. The molecule has 44 heavy (non-hydrogen) atoms. The van der Waals surface area contributed by atoms with Crippen LogP contribution >= 0.6 is 0 Å². The van der Waals surface area contributed by atoms with Crippen molar-refractivity contribution in [2.24, 2.45) is 17.8 Å². The molecule has 0 saturated heterocycles. The first-order chi connectivity index (χ1) is 21.0. The number of anilines is 1. The lowest BCUT2D eigenvalue weighted by atomic mass is 9.48. The Labute approximate surface area is 263 Å². The molecule has 0 aliphatic heterocycles. The van der Waals surface area contributed by atoms with Crippen LogP contribution in [-0.4, -0.2) is 50.0 Å². The molecule has 7 rings (SSSR count). The second kappa shape index (κ2) is 12.5. The Morgan fingerprint density at radius 1 is 0.886 bits per heavy atom. The molecule has 0 aromatic heterocycles. The van der Waals surface area contributed by atoms with E-state index in [2.05, 4.69) is 17.4 Å². The summed E-state index contributed by atoms with van der Waals surface area (Å²) in [5.74, 6) is 1.88. The molecular weight excluding hydrogens is 570 g/mol. The van der Waals surface area contributed by atoms with Gasteiger partial charge in [-0.25, -0.2) is 8.42 Å². The zero-order valence-corrected chi connectivity index (χ0v) is 27.5. The van der Waals surface area contributed by atoms with Gasteiger partial charge in [-0.1, -0.05) is 61.2 Å². The number of amides is 2. The number of carbonyl (C=O) groups is 2.